The van der Waals surface area contributed by atoms with Gasteiger partial charge >= 0.3 is 0 Å². The normalized spacial score (nSPS) is 22.2. The van der Waals surface area contributed by atoms with Crippen molar-refractivity contribution in [3.63, 3.8) is 0 Å². The molecule has 8 nitrogen and oxygen atoms in total. The Balaban J connectivity index is 1.69. The number of methoxy groups -OCH3 is 1. The molecule has 0 radical (unpaired) electrons. The van der Waals surface area contributed by atoms with Crippen LogP contribution in [0.4, 0.5) is 5.82 Å². The molecule has 8 heteroatoms. The molecular formula is C13H15N7O. The lowest BCUT2D eigenvalue weighted by molar-refractivity contribution is 0.105. The molecule has 2 atom stereocenters. The van der Waals surface area contributed by atoms with E-state index in [0.29, 0.717) is 0 Å². The van der Waals surface area contributed by atoms with E-state index in [0.717, 1.165) is 35.6 Å². The van der Waals surface area contributed by atoms with Gasteiger partial charge in [-0.05, 0) is 6.07 Å². The second kappa shape index (κ2) is 4.81. The lowest BCUT2D eigenvalue weighted by Gasteiger charge is -2.17. The van der Waals surface area contributed by atoms with Crippen molar-refractivity contribution < 1.29 is 4.74 Å². The van der Waals surface area contributed by atoms with Crippen LogP contribution in [0.3, 0.4) is 0 Å². The summed E-state index contributed by atoms with van der Waals surface area (Å²) < 4.78 is 5.62. The summed E-state index contributed by atoms with van der Waals surface area (Å²) in [6, 6.07) is 2.00. The van der Waals surface area contributed by atoms with E-state index >= 15 is 0 Å². The van der Waals surface area contributed by atoms with Crippen LogP contribution in [-0.2, 0) is 4.74 Å². The van der Waals surface area contributed by atoms with Crippen LogP contribution < -0.4 is 4.90 Å². The summed E-state index contributed by atoms with van der Waals surface area (Å²) >= 11 is 0. The van der Waals surface area contributed by atoms with E-state index in [1.165, 1.54) is 0 Å². The molecule has 0 saturated carbocycles. The van der Waals surface area contributed by atoms with Gasteiger partial charge in [-0.3, -0.25) is 0 Å². The molecule has 1 fully saturated rings. The van der Waals surface area contributed by atoms with Crippen LogP contribution in [0, 0.1) is 0 Å². The molecule has 0 aliphatic carbocycles. The van der Waals surface area contributed by atoms with Gasteiger partial charge in [0.2, 0.25) is 0 Å². The van der Waals surface area contributed by atoms with Gasteiger partial charge in [0.05, 0.1) is 29.3 Å². The van der Waals surface area contributed by atoms with E-state index in [-0.39, 0.29) is 12.0 Å². The minimum atomic E-state index is 0.0686. The predicted octanol–water partition coefficient (Wildman–Crippen LogP) is 0.695. The average molecular weight is 285 g/mol. The maximum absolute atomic E-state index is 5.62. The molecule has 2 N–H and O–H groups in total. The molecule has 108 valence electrons. The monoisotopic (exact) mass is 285 g/mol. The van der Waals surface area contributed by atoms with Crippen molar-refractivity contribution in [2.45, 2.75) is 12.0 Å². The van der Waals surface area contributed by atoms with Gasteiger partial charge < -0.3 is 14.6 Å². The van der Waals surface area contributed by atoms with Crippen LogP contribution in [0.1, 0.15) is 11.6 Å². The third kappa shape index (κ3) is 1.95. The Labute approximate surface area is 120 Å². The van der Waals surface area contributed by atoms with Crippen molar-refractivity contribution >= 4 is 16.9 Å². The Bertz CT molecular complexity index is 738. The van der Waals surface area contributed by atoms with E-state index in [1.807, 2.05) is 12.3 Å². The van der Waals surface area contributed by atoms with Crippen LogP contribution in [0.2, 0.25) is 0 Å². The molecule has 1 saturated heterocycles. The maximum atomic E-state index is 5.62. The zero-order chi connectivity index (χ0) is 14.2. The number of rotatable bonds is 3. The molecule has 1 aliphatic rings. The van der Waals surface area contributed by atoms with E-state index < -0.39 is 0 Å². The molecular weight excluding hydrogens is 270 g/mol. The highest BCUT2D eigenvalue weighted by Gasteiger charge is 2.36. The minimum Gasteiger partial charge on any atom is -0.379 e. The lowest BCUT2D eigenvalue weighted by Crippen LogP contribution is -2.23. The van der Waals surface area contributed by atoms with Crippen molar-refractivity contribution in [3.8, 4) is 0 Å². The van der Waals surface area contributed by atoms with Gasteiger partial charge in [0.1, 0.15) is 17.8 Å². The van der Waals surface area contributed by atoms with E-state index in [9.17, 15) is 0 Å². The highest BCUT2D eigenvalue weighted by atomic mass is 16.5. The number of hydrogen-bond donors (Lipinski definition) is 2. The Morgan fingerprint density at radius 1 is 1.33 bits per heavy atom. The number of nitrogens with zero attached hydrogens (tertiary/aromatic N) is 5. The van der Waals surface area contributed by atoms with Crippen molar-refractivity contribution in [1.82, 2.24) is 30.4 Å². The highest BCUT2D eigenvalue weighted by Crippen LogP contribution is 2.33. The number of nitrogens with one attached hydrogen (secondary N) is 2. The first-order valence-corrected chi connectivity index (χ1v) is 6.78. The molecule has 4 heterocycles. The first kappa shape index (κ1) is 12.3. The topological polar surface area (TPSA) is 95.6 Å². The first-order valence-electron chi connectivity index (χ1n) is 6.78. The summed E-state index contributed by atoms with van der Waals surface area (Å²) in [6.45, 7) is 1.56. The Kier molecular flexibility index (Phi) is 2.81. The molecule has 0 amide bonds. The van der Waals surface area contributed by atoms with Crippen LogP contribution >= 0.6 is 0 Å². The number of H-pyrrole nitrogens is 2. The molecule has 0 bridgehead atoms. The van der Waals surface area contributed by atoms with Gasteiger partial charge in [0, 0.05) is 26.4 Å². The second-order valence-electron chi connectivity index (χ2n) is 5.12. The third-order valence-corrected chi connectivity index (χ3v) is 4.01. The molecule has 0 aromatic carbocycles. The van der Waals surface area contributed by atoms with E-state index in [1.54, 1.807) is 19.6 Å². The lowest BCUT2D eigenvalue weighted by atomic mass is 10.0. The fourth-order valence-electron chi connectivity index (χ4n) is 2.97. The smallest absolute Gasteiger partial charge is 0.142 e. The van der Waals surface area contributed by atoms with Gasteiger partial charge in [0.25, 0.3) is 0 Å². The zero-order valence-corrected chi connectivity index (χ0v) is 11.5. The third-order valence-electron chi connectivity index (χ3n) is 4.01. The molecule has 0 spiro atoms. The predicted molar refractivity (Wildman–Crippen MR) is 76.0 cm³/mol. The molecule has 21 heavy (non-hydrogen) atoms. The van der Waals surface area contributed by atoms with E-state index in [2.05, 4.69) is 35.3 Å². The number of hydrogen-bond acceptors (Lipinski definition) is 6. The zero-order valence-electron chi connectivity index (χ0n) is 11.5. The number of fused-ring (bicyclic) bond motifs is 1. The van der Waals surface area contributed by atoms with Gasteiger partial charge in [-0.1, -0.05) is 0 Å². The SMILES string of the molecule is CO[C@@H]1CN(c2ncnc3[nH]ccc23)C[C@H]1c1cn[nH]n1. The fraction of sp³-hybridized carbons (Fsp3) is 0.385. The largest absolute Gasteiger partial charge is 0.379 e. The summed E-state index contributed by atoms with van der Waals surface area (Å²) in [6.07, 6.45) is 5.28. The molecule has 0 unspecified atom stereocenters. The number of aromatic amines is 2. The average Bonchev–Trinajstić information content (AvgIpc) is 3.24. The number of ether oxygens (including phenoxy) is 1. The van der Waals surface area contributed by atoms with Crippen molar-refractivity contribution in [1.29, 1.82) is 0 Å². The highest BCUT2D eigenvalue weighted by molar-refractivity contribution is 5.87. The Morgan fingerprint density at radius 2 is 2.29 bits per heavy atom. The van der Waals surface area contributed by atoms with Gasteiger partial charge in [-0.2, -0.15) is 15.4 Å². The van der Waals surface area contributed by atoms with Crippen LogP contribution in [0.15, 0.2) is 24.8 Å². The Morgan fingerprint density at radius 3 is 3.10 bits per heavy atom. The maximum Gasteiger partial charge on any atom is 0.142 e. The minimum absolute atomic E-state index is 0.0686. The van der Waals surface area contributed by atoms with Gasteiger partial charge in [0.15, 0.2) is 0 Å². The summed E-state index contributed by atoms with van der Waals surface area (Å²) in [5.74, 6) is 1.10. The Hall–Kier alpha value is -2.48. The molecule has 1 aliphatic heterocycles. The van der Waals surface area contributed by atoms with Gasteiger partial charge in [-0.15, -0.1) is 0 Å². The van der Waals surface area contributed by atoms with Crippen LogP contribution in [-0.4, -0.2) is 56.7 Å². The van der Waals surface area contributed by atoms with Gasteiger partial charge in [-0.25, -0.2) is 9.97 Å². The molecule has 3 aromatic heterocycles. The molecule has 3 aromatic rings. The molecule has 4 rings (SSSR count). The van der Waals surface area contributed by atoms with Crippen molar-refractivity contribution in [3.05, 3.63) is 30.5 Å². The first-order chi connectivity index (χ1) is 10.4. The number of anilines is 1. The quantitative estimate of drug-likeness (QED) is 0.735. The van der Waals surface area contributed by atoms with Crippen LogP contribution in [0.5, 0.6) is 0 Å². The van der Waals surface area contributed by atoms with Crippen molar-refractivity contribution in [2.24, 2.45) is 0 Å². The second-order valence-corrected chi connectivity index (χ2v) is 5.12. The summed E-state index contributed by atoms with van der Waals surface area (Å²) in [4.78, 5) is 14.0. The standard InChI is InChI=1S/C13H15N7O/c1-21-11-6-20(5-9(11)10-4-17-19-18-10)13-8-2-3-14-12(8)15-7-16-13/h2-4,7,9,11H,5-6H2,1H3,(H,14,15,16)(H,17,18,19)/t9-,11+/m0/s1. The number of aromatic nitrogens is 6. The summed E-state index contributed by atoms with van der Waals surface area (Å²) in [7, 11) is 1.73. The van der Waals surface area contributed by atoms with Crippen molar-refractivity contribution in [2.75, 3.05) is 25.1 Å². The summed E-state index contributed by atoms with van der Waals surface area (Å²) in [5, 5.41) is 11.8. The summed E-state index contributed by atoms with van der Waals surface area (Å²) in [5.41, 5.74) is 1.77. The van der Waals surface area contributed by atoms with Crippen LogP contribution in [0.25, 0.3) is 11.0 Å². The fourth-order valence-corrected chi connectivity index (χ4v) is 2.97. The van der Waals surface area contributed by atoms with E-state index in [4.69, 9.17) is 4.74 Å².